The van der Waals surface area contributed by atoms with Gasteiger partial charge in [0, 0.05) is 17.0 Å². The van der Waals surface area contributed by atoms with Crippen LogP contribution < -0.4 is 0 Å². The van der Waals surface area contributed by atoms with Gasteiger partial charge in [0.05, 0.1) is 24.7 Å². The normalized spacial score (nSPS) is 37.3. The highest BCUT2D eigenvalue weighted by atomic mass is 16.7. The van der Waals surface area contributed by atoms with E-state index in [1.165, 1.54) is 0 Å². The minimum absolute atomic E-state index is 0.0374. The molecule has 5 atom stereocenters. The van der Waals surface area contributed by atoms with Gasteiger partial charge < -0.3 is 14.2 Å². The van der Waals surface area contributed by atoms with E-state index in [0.717, 1.165) is 18.4 Å². The first-order valence-electron chi connectivity index (χ1n) is 9.78. The monoisotopic (exact) mass is 368 g/mol. The van der Waals surface area contributed by atoms with Crippen LogP contribution in [0.15, 0.2) is 35.9 Å². The zero-order valence-corrected chi connectivity index (χ0v) is 15.6. The van der Waals surface area contributed by atoms with E-state index >= 15 is 0 Å². The number of hydrogen-bond donors (Lipinski definition) is 0. The van der Waals surface area contributed by atoms with Crippen LogP contribution in [0.5, 0.6) is 0 Å². The summed E-state index contributed by atoms with van der Waals surface area (Å²) in [7, 11) is 0. The van der Waals surface area contributed by atoms with Gasteiger partial charge in [-0.05, 0) is 38.7 Å². The van der Waals surface area contributed by atoms with Crippen LogP contribution in [-0.4, -0.2) is 42.3 Å². The third-order valence-corrected chi connectivity index (χ3v) is 6.34. The summed E-state index contributed by atoms with van der Waals surface area (Å²) < 4.78 is 18.1. The van der Waals surface area contributed by atoms with Gasteiger partial charge in [0.25, 0.3) is 0 Å². The Morgan fingerprint density at radius 3 is 2.48 bits per heavy atom. The molecule has 0 aromatic heterocycles. The second kappa shape index (κ2) is 6.09. The number of carbonyl (C=O) groups excluding carboxylic acids is 2. The fourth-order valence-electron chi connectivity index (χ4n) is 5.02. The molecular formula is C22H24O5. The highest BCUT2D eigenvalue weighted by Crippen LogP contribution is 2.45. The van der Waals surface area contributed by atoms with Crippen molar-refractivity contribution in [1.82, 2.24) is 0 Å². The molecule has 0 amide bonds. The summed E-state index contributed by atoms with van der Waals surface area (Å²) in [5.74, 6) is -1.25. The smallest absolute Gasteiger partial charge is 0.170 e. The van der Waals surface area contributed by atoms with Crippen LogP contribution in [0.4, 0.5) is 0 Å². The van der Waals surface area contributed by atoms with Crippen LogP contribution >= 0.6 is 0 Å². The van der Waals surface area contributed by atoms with Crippen molar-refractivity contribution in [3.63, 3.8) is 0 Å². The van der Waals surface area contributed by atoms with E-state index in [2.05, 4.69) is 6.08 Å². The second-order valence-electron chi connectivity index (χ2n) is 8.42. The zero-order chi connectivity index (χ0) is 18.8. The third-order valence-electron chi connectivity index (χ3n) is 6.34. The molecule has 0 unspecified atom stereocenters. The van der Waals surface area contributed by atoms with Gasteiger partial charge in [-0.2, -0.15) is 0 Å². The summed E-state index contributed by atoms with van der Waals surface area (Å²) in [6, 6.07) is 7.17. The van der Waals surface area contributed by atoms with Gasteiger partial charge in [0.15, 0.2) is 17.4 Å². The lowest BCUT2D eigenvalue weighted by Gasteiger charge is -2.44. The first-order valence-corrected chi connectivity index (χ1v) is 9.78. The minimum Gasteiger partial charge on any atom is -0.367 e. The van der Waals surface area contributed by atoms with Crippen molar-refractivity contribution < 1.29 is 23.8 Å². The average Bonchev–Trinajstić information content (AvgIpc) is 3.04. The Morgan fingerprint density at radius 2 is 1.78 bits per heavy atom. The van der Waals surface area contributed by atoms with E-state index < -0.39 is 11.7 Å². The van der Waals surface area contributed by atoms with Gasteiger partial charge in [-0.15, -0.1) is 0 Å². The lowest BCUT2D eigenvalue weighted by Crippen LogP contribution is -2.51. The number of allylic oxidation sites excluding steroid dienone is 1. The van der Waals surface area contributed by atoms with E-state index in [1.54, 1.807) is 12.1 Å². The molecule has 0 spiro atoms. The molecule has 142 valence electrons. The summed E-state index contributed by atoms with van der Waals surface area (Å²) in [4.78, 5) is 26.3. The lowest BCUT2D eigenvalue weighted by atomic mass is 9.65. The molecule has 0 radical (unpaired) electrons. The second-order valence-corrected chi connectivity index (χ2v) is 8.42. The average molecular weight is 368 g/mol. The molecule has 0 N–H and O–H groups in total. The van der Waals surface area contributed by atoms with E-state index in [4.69, 9.17) is 14.2 Å². The Morgan fingerprint density at radius 1 is 1.04 bits per heavy atom. The minimum atomic E-state index is -0.602. The largest absolute Gasteiger partial charge is 0.367 e. The first kappa shape index (κ1) is 17.3. The topological polar surface area (TPSA) is 61.8 Å². The van der Waals surface area contributed by atoms with Crippen molar-refractivity contribution in [3.05, 3.63) is 47.0 Å². The van der Waals surface area contributed by atoms with Crippen molar-refractivity contribution in [3.8, 4) is 0 Å². The highest BCUT2D eigenvalue weighted by molar-refractivity contribution is 6.16. The molecule has 0 bridgehead atoms. The van der Waals surface area contributed by atoms with Crippen molar-refractivity contribution >= 4 is 11.6 Å². The van der Waals surface area contributed by atoms with E-state index in [-0.39, 0.29) is 35.8 Å². The number of fused-ring (bicyclic) bond motifs is 4. The molecule has 2 heterocycles. The van der Waals surface area contributed by atoms with Crippen molar-refractivity contribution in [1.29, 1.82) is 0 Å². The number of carbonyl (C=O) groups is 2. The molecule has 27 heavy (non-hydrogen) atoms. The van der Waals surface area contributed by atoms with E-state index in [9.17, 15) is 9.59 Å². The summed E-state index contributed by atoms with van der Waals surface area (Å²) in [6.45, 7) is 4.29. The Labute approximate surface area is 158 Å². The van der Waals surface area contributed by atoms with Crippen molar-refractivity contribution in [2.75, 3.05) is 6.61 Å². The van der Waals surface area contributed by atoms with Crippen LogP contribution in [0.3, 0.4) is 0 Å². The number of hydrogen-bond acceptors (Lipinski definition) is 5. The summed E-state index contributed by atoms with van der Waals surface area (Å²) >= 11 is 0. The van der Waals surface area contributed by atoms with Gasteiger partial charge >= 0.3 is 0 Å². The van der Waals surface area contributed by atoms with Gasteiger partial charge in [0.1, 0.15) is 6.10 Å². The molecule has 4 aliphatic rings. The third kappa shape index (κ3) is 2.72. The van der Waals surface area contributed by atoms with Crippen molar-refractivity contribution in [2.45, 2.75) is 57.2 Å². The summed E-state index contributed by atoms with van der Waals surface area (Å²) in [5, 5.41) is 0. The van der Waals surface area contributed by atoms with Crippen LogP contribution in [0.1, 0.15) is 53.8 Å². The quantitative estimate of drug-likeness (QED) is 0.712. The molecule has 2 aliphatic carbocycles. The van der Waals surface area contributed by atoms with Crippen molar-refractivity contribution in [2.24, 2.45) is 11.8 Å². The number of rotatable bonds is 1. The number of ketones is 2. The fraction of sp³-hybridized carbons (Fsp3) is 0.545. The van der Waals surface area contributed by atoms with Gasteiger partial charge in [0.2, 0.25) is 0 Å². The molecule has 1 aromatic carbocycles. The molecule has 0 saturated carbocycles. The molecule has 5 heteroatoms. The molecule has 1 aromatic rings. The SMILES string of the molecule is CC1(C)OC[C@@H]([C@H]2CCC3=CC[C@@H]4C(=O)c5ccccc5C(=O)[C@@H]4[C@@H]3O2)O1. The van der Waals surface area contributed by atoms with Gasteiger partial charge in [-0.1, -0.05) is 30.3 Å². The Balaban J connectivity index is 1.45. The predicted molar refractivity (Wildman–Crippen MR) is 97.6 cm³/mol. The lowest BCUT2D eigenvalue weighted by molar-refractivity contribution is -0.168. The fourth-order valence-corrected chi connectivity index (χ4v) is 5.02. The van der Waals surface area contributed by atoms with Crippen LogP contribution in [0, 0.1) is 11.8 Å². The maximum absolute atomic E-state index is 13.3. The molecule has 2 fully saturated rings. The van der Waals surface area contributed by atoms with E-state index in [1.807, 2.05) is 26.0 Å². The highest BCUT2D eigenvalue weighted by Gasteiger charge is 2.51. The van der Waals surface area contributed by atoms with Crippen LogP contribution in [0.25, 0.3) is 0 Å². The molecular weight excluding hydrogens is 344 g/mol. The standard InChI is InChI=1S/C22H24O5/c1-22(2)25-11-17(27-22)16-10-8-12-7-9-15-18(21(12)26-16)20(24)14-6-4-3-5-13(14)19(15)23/h3-7,15-18,21H,8-11H2,1-2H3/t15-,16+,17-,18+,21+/m0/s1. The summed E-state index contributed by atoms with van der Waals surface area (Å²) in [5.41, 5.74) is 2.26. The van der Waals surface area contributed by atoms with E-state index in [0.29, 0.717) is 24.2 Å². The molecule has 2 saturated heterocycles. The zero-order valence-electron chi connectivity index (χ0n) is 15.6. The maximum Gasteiger partial charge on any atom is 0.170 e. The Kier molecular flexibility index (Phi) is 3.90. The predicted octanol–water partition coefficient (Wildman–Crippen LogP) is 3.33. The van der Waals surface area contributed by atoms with Gasteiger partial charge in [-0.25, -0.2) is 0 Å². The summed E-state index contributed by atoms with van der Waals surface area (Å²) in [6.07, 6.45) is 3.89. The Hall–Kier alpha value is -1.82. The molecule has 5 nitrogen and oxygen atoms in total. The molecule has 5 rings (SSSR count). The maximum atomic E-state index is 13.3. The number of benzene rings is 1. The Bertz CT molecular complexity index is 839. The van der Waals surface area contributed by atoms with Gasteiger partial charge in [-0.3, -0.25) is 9.59 Å². The first-order chi connectivity index (χ1) is 12.9. The number of ether oxygens (including phenoxy) is 3. The number of Topliss-reactive ketones (excluding diaryl/α,β-unsaturated/α-hetero) is 2. The molecule has 2 aliphatic heterocycles. The van der Waals surface area contributed by atoms with Crippen LogP contribution in [-0.2, 0) is 14.2 Å². The van der Waals surface area contributed by atoms with Crippen LogP contribution in [0.2, 0.25) is 0 Å².